The molecule has 1 aromatic heterocycles. The standard InChI is InChI=1S/C20H25N3O2S/c1-2-25-20(24)17-13-26-19(22-17)15-7-10-23(11-8-15)12-16-5-3-4-14-6-9-21-18(14)16/h3-5,13,15,21H,2,6-12H2,1H3. The first-order chi connectivity index (χ1) is 12.7. The van der Waals surface area contributed by atoms with Gasteiger partial charge in [0.25, 0.3) is 0 Å². The molecule has 1 aromatic carbocycles. The highest BCUT2D eigenvalue weighted by Crippen LogP contribution is 2.33. The number of esters is 1. The number of hydrogen-bond donors (Lipinski definition) is 1. The normalized spacial score (nSPS) is 17.7. The second-order valence-electron chi connectivity index (χ2n) is 6.97. The molecule has 138 valence electrons. The van der Waals surface area contributed by atoms with E-state index in [9.17, 15) is 4.79 Å². The molecule has 2 aliphatic heterocycles. The summed E-state index contributed by atoms with van der Waals surface area (Å²) in [5.74, 6) is 0.150. The zero-order valence-electron chi connectivity index (χ0n) is 15.2. The van der Waals surface area contributed by atoms with Gasteiger partial charge in [-0.3, -0.25) is 4.90 Å². The minimum atomic E-state index is -0.308. The van der Waals surface area contributed by atoms with Crippen molar-refractivity contribution in [3.8, 4) is 0 Å². The van der Waals surface area contributed by atoms with Crippen LogP contribution in [0, 0.1) is 0 Å². The predicted molar refractivity (Wildman–Crippen MR) is 104 cm³/mol. The van der Waals surface area contributed by atoms with Gasteiger partial charge in [0.05, 0.1) is 11.6 Å². The minimum absolute atomic E-state index is 0.308. The topological polar surface area (TPSA) is 54.5 Å². The van der Waals surface area contributed by atoms with E-state index in [4.69, 9.17) is 4.74 Å². The van der Waals surface area contributed by atoms with E-state index in [1.54, 1.807) is 11.3 Å². The van der Waals surface area contributed by atoms with Crippen molar-refractivity contribution in [3.63, 3.8) is 0 Å². The molecule has 0 unspecified atom stereocenters. The summed E-state index contributed by atoms with van der Waals surface area (Å²) in [5, 5.41) is 6.45. The van der Waals surface area contributed by atoms with Crippen LogP contribution < -0.4 is 5.32 Å². The van der Waals surface area contributed by atoms with E-state index in [1.807, 2.05) is 12.3 Å². The van der Waals surface area contributed by atoms with Crippen LogP contribution in [0.3, 0.4) is 0 Å². The lowest BCUT2D eigenvalue weighted by molar-refractivity contribution is 0.0520. The van der Waals surface area contributed by atoms with Gasteiger partial charge in [-0.2, -0.15) is 0 Å². The van der Waals surface area contributed by atoms with Gasteiger partial charge in [0, 0.05) is 30.1 Å². The van der Waals surface area contributed by atoms with Gasteiger partial charge in [0.2, 0.25) is 0 Å². The molecule has 0 amide bonds. The molecule has 3 heterocycles. The smallest absolute Gasteiger partial charge is 0.357 e. The average Bonchev–Trinajstić information content (AvgIpc) is 3.33. The summed E-state index contributed by atoms with van der Waals surface area (Å²) in [5.41, 5.74) is 4.68. The third-order valence-corrected chi connectivity index (χ3v) is 6.28. The number of nitrogens with zero attached hydrogens (tertiary/aromatic N) is 2. The molecule has 1 fully saturated rings. The third kappa shape index (κ3) is 3.62. The van der Waals surface area contributed by atoms with Crippen LogP contribution in [0.15, 0.2) is 23.6 Å². The number of thiazole rings is 1. The highest BCUT2D eigenvalue weighted by Gasteiger charge is 2.25. The summed E-state index contributed by atoms with van der Waals surface area (Å²) < 4.78 is 5.04. The fourth-order valence-electron chi connectivity index (χ4n) is 3.90. The second-order valence-corrected chi connectivity index (χ2v) is 7.86. The van der Waals surface area contributed by atoms with Crippen molar-refractivity contribution in [2.45, 2.75) is 38.6 Å². The van der Waals surface area contributed by atoms with Gasteiger partial charge in [-0.15, -0.1) is 11.3 Å². The fourth-order valence-corrected chi connectivity index (χ4v) is 4.86. The number of rotatable bonds is 5. The van der Waals surface area contributed by atoms with Crippen molar-refractivity contribution in [1.29, 1.82) is 0 Å². The second kappa shape index (κ2) is 7.76. The molecule has 6 heteroatoms. The number of ether oxygens (including phenoxy) is 1. The lowest BCUT2D eigenvalue weighted by atomic mass is 9.97. The molecule has 0 bridgehead atoms. The molecule has 1 saturated heterocycles. The summed E-state index contributed by atoms with van der Waals surface area (Å²) in [6, 6.07) is 6.66. The van der Waals surface area contributed by atoms with E-state index < -0.39 is 0 Å². The largest absolute Gasteiger partial charge is 0.461 e. The Labute approximate surface area is 158 Å². The lowest BCUT2D eigenvalue weighted by Crippen LogP contribution is -2.32. The highest BCUT2D eigenvalue weighted by atomic mass is 32.1. The number of aromatic nitrogens is 1. The number of benzene rings is 1. The van der Waals surface area contributed by atoms with Crippen LogP contribution in [-0.2, 0) is 17.7 Å². The number of carbonyl (C=O) groups is 1. The molecule has 2 aromatic rings. The van der Waals surface area contributed by atoms with Gasteiger partial charge in [-0.25, -0.2) is 9.78 Å². The Kier molecular flexibility index (Phi) is 5.22. The van der Waals surface area contributed by atoms with Crippen LogP contribution in [0.1, 0.15) is 52.3 Å². The van der Waals surface area contributed by atoms with Crippen LogP contribution in [0.2, 0.25) is 0 Å². The van der Waals surface area contributed by atoms with E-state index in [-0.39, 0.29) is 5.97 Å². The average molecular weight is 372 g/mol. The number of hydrogen-bond acceptors (Lipinski definition) is 6. The zero-order valence-corrected chi connectivity index (χ0v) is 16.0. The Morgan fingerprint density at radius 2 is 2.23 bits per heavy atom. The van der Waals surface area contributed by atoms with E-state index >= 15 is 0 Å². The first-order valence-corrected chi connectivity index (χ1v) is 10.3. The molecule has 1 N–H and O–H groups in total. The van der Waals surface area contributed by atoms with Gasteiger partial charge < -0.3 is 10.1 Å². The molecular weight excluding hydrogens is 346 g/mol. The van der Waals surface area contributed by atoms with Crippen molar-refractivity contribution >= 4 is 23.0 Å². The minimum Gasteiger partial charge on any atom is -0.461 e. The van der Waals surface area contributed by atoms with Gasteiger partial charge in [0.15, 0.2) is 5.69 Å². The van der Waals surface area contributed by atoms with Crippen molar-refractivity contribution in [1.82, 2.24) is 9.88 Å². The molecule has 0 atom stereocenters. The van der Waals surface area contributed by atoms with Gasteiger partial charge in [-0.1, -0.05) is 18.2 Å². The van der Waals surface area contributed by atoms with E-state index in [2.05, 4.69) is 33.4 Å². The van der Waals surface area contributed by atoms with Crippen molar-refractivity contribution in [2.24, 2.45) is 0 Å². The molecule has 0 spiro atoms. The highest BCUT2D eigenvalue weighted by molar-refractivity contribution is 7.09. The Balaban J connectivity index is 1.35. The molecular formula is C20H25N3O2S. The molecule has 5 nitrogen and oxygen atoms in total. The summed E-state index contributed by atoms with van der Waals surface area (Å²) in [7, 11) is 0. The van der Waals surface area contributed by atoms with E-state index in [1.165, 1.54) is 16.8 Å². The summed E-state index contributed by atoms with van der Waals surface area (Å²) in [6.45, 7) is 6.42. The first kappa shape index (κ1) is 17.5. The quantitative estimate of drug-likeness (QED) is 0.813. The van der Waals surface area contributed by atoms with Crippen LogP contribution in [0.25, 0.3) is 0 Å². The number of para-hydroxylation sites is 1. The van der Waals surface area contributed by atoms with Crippen molar-refractivity contribution in [2.75, 3.05) is 31.6 Å². The maximum atomic E-state index is 11.8. The summed E-state index contributed by atoms with van der Waals surface area (Å²) in [6.07, 6.45) is 3.33. The SMILES string of the molecule is CCOC(=O)c1csc(C2CCN(Cc3cccc4c3NCC4)CC2)n1. The number of likely N-dealkylation sites (tertiary alicyclic amines) is 1. The number of piperidine rings is 1. The lowest BCUT2D eigenvalue weighted by Gasteiger charge is -2.31. The van der Waals surface area contributed by atoms with E-state index in [0.717, 1.165) is 50.4 Å². The molecule has 0 radical (unpaired) electrons. The monoisotopic (exact) mass is 371 g/mol. The predicted octanol–water partition coefficient (Wildman–Crippen LogP) is 3.67. The Morgan fingerprint density at radius 3 is 3.04 bits per heavy atom. The summed E-state index contributed by atoms with van der Waals surface area (Å²) in [4.78, 5) is 18.9. The molecule has 0 saturated carbocycles. The fraction of sp³-hybridized carbons (Fsp3) is 0.500. The van der Waals surface area contributed by atoms with Crippen molar-refractivity contribution in [3.05, 3.63) is 45.4 Å². The first-order valence-electron chi connectivity index (χ1n) is 9.44. The molecule has 26 heavy (non-hydrogen) atoms. The van der Waals surface area contributed by atoms with Gasteiger partial charge in [0.1, 0.15) is 0 Å². The summed E-state index contributed by atoms with van der Waals surface area (Å²) >= 11 is 1.59. The Morgan fingerprint density at radius 1 is 1.38 bits per heavy atom. The van der Waals surface area contributed by atoms with Crippen LogP contribution in [-0.4, -0.2) is 42.1 Å². The molecule has 4 rings (SSSR count). The Bertz CT molecular complexity index is 781. The molecule has 2 aliphatic rings. The molecule has 0 aliphatic carbocycles. The van der Waals surface area contributed by atoms with Crippen molar-refractivity contribution < 1.29 is 9.53 Å². The number of nitrogens with one attached hydrogen (secondary N) is 1. The van der Waals surface area contributed by atoms with Gasteiger partial charge in [-0.05, 0) is 50.4 Å². The number of anilines is 1. The number of carbonyl (C=O) groups excluding carboxylic acids is 1. The zero-order chi connectivity index (χ0) is 17.9. The maximum absolute atomic E-state index is 11.8. The van der Waals surface area contributed by atoms with Crippen LogP contribution >= 0.6 is 11.3 Å². The third-order valence-electron chi connectivity index (χ3n) is 5.27. The number of fused-ring (bicyclic) bond motifs is 1. The maximum Gasteiger partial charge on any atom is 0.357 e. The van der Waals surface area contributed by atoms with Gasteiger partial charge >= 0.3 is 5.97 Å². The van der Waals surface area contributed by atoms with E-state index in [0.29, 0.717) is 18.2 Å². The van der Waals surface area contributed by atoms with Crippen LogP contribution in [0.4, 0.5) is 5.69 Å². The Hall–Kier alpha value is -1.92. The van der Waals surface area contributed by atoms with Crippen LogP contribution in [0.5, 0.6) is 0 Å².